The maximum atomic E-state index is 5.71. The zero-order valence-electron chi connectivity index (χ0n) is 10.5. The van der Waals surface area contributed by atoms with Crippen molar-refractivity contribution in [1.82, 2.24) is 5.43 Å². The van der Waals surface area contributed by atoms with E-state index in [0.29, 0.717) is 12.1 Å². The predicted octanol–water partition coefficient (Wildman–Crippen LogP) is 2.21. The molecule has 0 aromatic rings. The smallest absolute Gasteiger partial charge is 0.0591 e. The molecular formula is C13H26N2O. The quantitative estimate of drug-likeness (QED) is 0.571. The molecule has 94 valence electrons. The van der Waals surface area contributed by atoms with Crippen molar-refractivity contribution < 1.29 is 4.74 Å². The van der Waals surface area contributed by atoms with Crippen molar-refractivity contribution in [2.45, 2.75) is 64.0 Å². The van der Waals surface area contributed by atoms with E-state index in [2.05, 4.69) is 12.3 Å². The molecule has 0 amide bonds. The number of nitrogens with two attached hydrogens (primary N) is 1. The van der Waals surface area contributed by atoms with Crippen LogP contribution in [0, 0.1) is 11.8 Å². The van der Waals surface area contributed by atoms with Crippen molar-refractivity contribution in [3.63, 3.8) is 0 Å². The van der Waals surface area contributed by atoms with E-state index in [-0.39, 0.29) is 0 Å². The van der Waals surface area contributed by atoms with Crippen molar-refractivity contribution >= 4 is 0 Å². The highest BCUT2D eigenvalue weighted by atomic mass is 16.5. The van der Waals surface area contributed by atoms with Crippen LogP contribution in [-0.2, 0) is 4.74 Å². The van der Waals surface area contributed by atoms with Crippen LogP contribution in [0.2, 0.25) is 0 Å². The molecule has 0 aromatic heterocycles. The van der Waals surface area contributed by atoms with Crippen LogP contribution in [0.3, 0.4) is 0 Å². The van der Waals surface area contributed by atoms with Crippen LogP contribution in [0.4, 0.5) is 0 Å². The predicted molar refractivity (Wildman–Crippen MR) is 65.8 cm³/mol. The minimum Gasteiger partial charge on any atom is -0.378 e. The third kappa shape index (κ3) is 3.19. The maximum absolute atomic E-state index is 5.71. The van der Waals surface area contributed by atoms with Gasteiger partial charge in [0.05, 0.1) is 6.10 Å². The minimum absolute atomic E-state index is 0.459. The van der Waals surface area contributed by atoms with Gasteiger partial charge in [-0.2, -0.15) is 0 Å². The fourth-order valence-electron chi connectivity index (χ4n) is 3.20. The number of nitrogens with one attached hydrogen (secondary N) is 1. The van der Waals surface area contributed by atoms with E-state index in [4.69, 9.17) is 10.6 Å². The Balaban J connectivity index is 1.79. The second-order valence-electron chi connectivity index (χ2n) is 5.66. The lowest BCUT2D eigenvalue weighted by atomic mass is 9.78. The summed E-state index contributed by atoms with van der Waals surface area (Å²) in [6.07, 6.45) is 9.43. The van der Waals surface area contributed by atoms with E-state index in [1.165, 1.54) is 38.5 Å². The lowest BCUT2D eigenvalue weighted by Crippen LogP contribution is -2.44. The van der Waals surface area contributed by atoms with Crippen LogP contribution in [0.15, 0.2) is 0 Å². The van der Waals surface area contributed by atoms with E-state index in [1.807, 2.05) is 0 Å². The van der Waals surface area contributed by atoms with E-state index in [9.17, 15) is 0 Å². The Labute approximate surface area is 99.1 Å². The van der Waals surface area contributed by atoms with Crippen LogP contribution in [-0.4, -0.2) is 18.8 Å². The van der Waals surface area contributed by atoms with Gasteiger partial charge in [-0.3, -0.25) is 11.3 Å². The summed E-state index contributed by atoms with van der Waals surface area (Å²) in [7, 11) is 0. The summed E-state index contributed by atoms with van der Waals surface area (Å²) >= 11 is 0. The molecule has 0 radical (unpaired) electrons. The molecule has 3 N–H and O–H groups in total. The Morgan fingerprint density at radius 2 is 2.00 bits per heavy atom. The van der Waals surface area contributed by atoms with Crippen molar-refractivity contribution in [3.05, 3.63) is 0 Å². The van der Waals surface area contributed by atoms with Crippen LogP contribution < -0.4 is 11.3 Å². The Bertz CT molecular complexity index is 196. The van der Waals surface area contributed by atoms with Gasteiger partial charge in [0.25, 0.3) is 0 Å². The summed E-state index contributed by atoms with van der Waals surface area (Å²) in [5, 5.41) is 0. The van der Waals surface area contributed by atoms with Gasteiger partial charge in [-0.05, 0) is 43.9 Å². The molecule has 2 aliphatic rings. The SMILES string of the molecule is CC1CCC(C(CC2CCCO2)NN)CC1. The van der Waals surface area contributed by atoms with Gasteiger partial charge in [0, 0.05) is 12.6 Å². The molecule has 16 heavy (non-hydrogen) atoms. The first-order valence-corrected chi connectivity index (χ1v) is 6.87. The van der Waals surface area contributed by atoms with Gasteiger partial charge >= 0.3 is 0 Å². The second kappa shape index (κ2) is 5.99. The summed E-state index contributed by atoms with van der Waals surface area (Å²) < 4.78 is 5.70. The summed E-state index contributed by atoms with van der Waals surface area (Å²) in [4.78, 5) is 0. The van der Waals surface area contributed by atoms with Gasteiger partial charge in [0.2, 0.25) is 0 Å². The highest BCUT2D eigenvalue weighted by molar-refractivity contribution is 4.83. The number of rotatable bonds is 4. The first-order chi connectivity index (χ1) is 7.79. The molecule has 2 unspecified atom stereocenters. The second-order valence-corrected chi connectivity index (χ2v) is 5.66. The van der Waals surface area contributed by atoms with Crippen molar-refractivity contribution in [3.8, 4) is 0 Å². The molecule has 3 nitrogen and oxygen atoms in total. The van der Waals surface area contributed by atoms with Gasteiger partial charge in [-0.25, -0.2) is 0 Å². The standard InChI is InChI=1S/C13H26N2O/c1-10-4-6-11(7-5-10)13(15-14)9-12-3-2-8-16-12/h10-13,15H,2-9,14H2,1H3. The van der Waals surface area contributed by atoms with Crippen LogP contribution in [0.25, 0.3) is 0 Å². The summed E-state index contributed by atoms with van der Waals surface area (Å²) in [5.74, 6) is 7.39. The van der Waals surface area contributed by atoms with Crippen LogP contribution in [0.5, 0.6) is 0 Å². The Morgan fingerprint density at radius 3 is 2.56 bits per heavy atom. The highest BCUT2D eigenvalue weighted by Gasteiger charge is 2.28. The third-order valence-corrected chi connectivity index (χ3v) is 4.38. The van der Waals surface area contributed by atoms with E-state index in [1.54, 1.807) is 0 Å². The molecule has 1 heterocycles. The molecule has 2 rings (SSSR count). The number of hydrogen-bond donors (Lipinski definition) is 2. The molecular weight excluding hydrogens is 200 g/mol. The Kier molecular flexibility index (Phi) is 4.62. The molecule has 1 saturated heterocycles. The van der Waals surface area contributed by atoms with Gasteiger partial charge < -0.3 is 4.74 Å². The summed E-state index contributed by atoms with van der Waals surface area (Å²) in [5.41, 5.74) is 3.03. The van der Waals surface area contributed by atoms with Crippen molar-refractivity contribution in [1.29, 1.82) is 0 Å². The van der Waals surface area contributed by atoms with Gasteiger partial charge in [0.1, 0.15) is 0 Å². The molecule has 0 spiro atoms. The lowest BCUT2D eigenvalue weighted by molar-refractivity contribution is 0.0807. The number of hydrogen-bond acceptors (Lipinski definition) is 3. The fraction of sp³-hybridized carbons (Fsp3) is 1.00. The van der Waals surface area contributed by atoms with Crippen LogP contribution >= 0.6 is 0 Å². The van der Waals surface area contributed by atoms with Crippen molar-refractivity contribution in [2.75, 3.05) is 6.61 Å². The summed E-state index contributed by atoms with van der Waals surface area (Å²) in [6.45, 7) is 3.31. The summed E-state index contributed by atoms with van der Waals surface area (Å²) in [6, 6.07) is 0.468. The molecule has 1 aliphatic carbocycles. The molecule has 0 aromatic carbocycles. The Morgan fingerprint density at radius 1 is 1.25 bits per heavy atom. The van der Waals surface area contributed by atoms with Crippen LogP contribution in [0.1, 0.15) is 51.9 Å². The average molecular weight is 226 g/mol. The molecule has 1 aliphatic heterocycles. The zero-order chi connectivity index (χ0) is 11.4. The molecule has 0 bridgehead atoms. The monoisotopic (exact) mass is 226 g/mol. The Hall–Kier alpha value is -0.120. The number of hydrazine groups is 1. The van der Waals surface area contributed by atoms with Crippen molar-refractivity contribution in [2.24, 2.45) is 17.7 Å². The van der Waals surface area contributed by atoms with Gasteiger partial charge in [-0.1, -0.05) is 19.8 Å². The number of ether oxygens (including phenoxy) is 1. The van der Waals surface area contributed by atoms with E-state index >= 15 is 0 Å². The first-order valence-electron chi connectivity index (χ1n) is 6.87. The minimum atomic E-state index is 0.459. The largest absolute Gasteiger partial charge is 0.378 e. The zero-order valence-corrected chi connectivity index (χ0v) is 10.5. The fourth-order valence-corrected chi connectivity index (χ4v) is 3.20. The maximum Gasteiger partial charge on any atom is 0.0591 e. The third-order valence-electron chi connectivity index (χ3n) is 4.38. The molecule has 1 saturated carbocycles. The van der Waals surface area contributed by atoms with E-state index in [0.717, 1.165) is 24.9 Å². The van der Waals surface area contributed by atoms with Gasteiger partial charge in [-0.15, -0.1) is 0 Å². The lowest BCUT2D eigenvalue weighted by Gasteiger charge is -2.33. The molecule has 2 fully saturated rings. The highest BCUT2D eigenvalue weighted by Crippen LogP contribution is 2.32. The van der Waals surface area contributed by atoms with E-state index < -0.39 is 0 Å². The average Bonchev–Trinajstić information content (AvgIpc) is 2.80. The topological polar surface area (TPSA) is 47.3 Å². The normalized spacial score (nSPS) is 37.5. The molecule has 3 heteroatoms. The molecule has 2 atom stereocenters. The van der Waals surface area contributed by atoms with Gasteiger partial charge in [0.15, 0.2) is 0 Å². The first kappa shape index (κ1) is 12.3.